The summed E-state index contributed by atoms with van der Waals surface area (Å²) < 4.78 is 49.1. The maximum Gasteiger partial charge on any atom is 0.319 e. The van der Waals surface area contributed by atoms with Gasteiger partial charge in [0.05, 0.1) is 6.54 Å². The lowest BCUT2D eigenvalue weighted by Gasteiger charge is -2.35. The van der Waals surface area contributed by atoms with E-state index in [1.165, 1.54) is 0 Å². The predicted octanol–water partition coefficient (Wildman–Crippen LogP) is 3.45. The summed E-state index contributed by atoms with van der Waals surface area (Å²) in [5, 5.41) is 2.55. The second kappa shape index (κ2) is 4.90. The fraction of sp³-hybridized carbons (Fsp3) is 1.00. The highest BCUT2D eigenvalue weighted by atomic mass is 19.3. The Balaban J connectivity index is 2.30. The summed E-state index contributed by atoms with van der Waals surface area (Å²) in [6.45, 7) is 3.35. The lowest BCUT2D eigenvalue weighted by molar-refractivity contribution is -0.126. The number of rotatable bonds is 4. The fourth-order valence-corrected chi connectivity index (χ4v) is 1.96. The molecule has 0 aromatic carbocycles. The molecule has 1 nitrogen and oxygen atoms in total. The topological polar surface area (TPSA) is 12.0 Å². The molecule has 0 unspecified atom stereocenters. The van der Waals surface area contributed by atoms with E-state index in [1.54, 1.807) is 0 Å². The molecule has 0 radical (unpaired) electrons. The van der Waals surface area contributed by atoms with Gasteiger partial charge in [-0.3, -0.25) is 0 Å². The van der Waals surface area contributed by atoms with Gasteiger partial charge in [-0.05, 0) is 31.1 Å². The Labute approximate surface area is 93.6 Å². The third-order valence-corrected chi connectivity index (χ3v) is 3.28. The van der Waals surface area contributed by atoms with Crippen molar-refractivity contribution >= 4 is 0 Å². The Bertz CT molecular complexity index is 218. The molecule has 0 bridgehead atoms. The third kappa shape index (κ3) is 3.92. The van der Waals surface area contributed by atoms with Crippen LogP contribution < -0.4 is 5.32 Å². The molecule has 0 heterocycles. The summed E-state index contributed by atoms with van der Waals surface area (Å²) in [5.41, 5.74) is 0.253. The van der Waals surface area contributed by atoms with Gasteiger partial charge in [-0.1, -0.05) is 13.8 Å². The maximum absolute atomic E-state index is 12.6. The summed E-state index contributed by atoms with van der Waals surface area (Å²) in [6.07, 6.45) is -0.117. The molecule has 0 saturated heterocycles. The molecular formula is C11H19F4N. The summed E-state index contributed by atoms with van der Waals surface area (Å²) in [7, 11) is 0. The Kier molecular flexibility index (Phi) is 4.21. The molecule has 1 aliphatic carbocycles. The van der Waals surface area contributed by atoms with Gasteiger partial charge in [0.15, 0.2) is 0 Å². The van der Waals surface area contributed by atoms with Crippen LogP contribution in [0.4, 0.5) is 17.6 Å². The van der Waals surface area contributed by atoms with Crippen molar-refractivity contribution in [2.45, 2.75) is 57.9 Å². The van der Waals surface area contributed by atoms with Crippen molar-refractivity contribution < 1.29 is 17.6 Å². The normalized spacial score (nSPS) is 22.7. The van der Waals surface area contributed by atoms with Crippen molar-refractivity contribution in [1.29, 1.82) is 0 Å². The van der Waals surface area contributed by atoms with Crippen LogP contribution in [0.1, 0.15) is 39.5 Å². The minimum atomic E-state index is -3.91. The molecule has 0 aliphatic heterocycles. The Morgan fingerprint density at radius 2 is 1.75 bits per heavy atom. The van der Waals surface area contributed by atoms with Crippen molar-refractivity contribution in [2.75, 3.05) is 6.54 Å². The van der Waals surface area contributed by atoms with E-state index in [0.29, 0.717) is 0 Å². The molecule has 0 aromatic heterocycles. The molecule has 0 aromatic rings. The maximum atomic E-state index is 12.6. The second-order valence-corrected chi connectivity index (χ2v) is 5.38. The number of halogens is 4. The molecule has 5 heteroatoms. The van der Waals surface area contributed by atoms with E-state index in [1.807, 2.05) is 0 Å². The van der Waals surface area contributed by atoms with E-state index >= 15 is 0 Å². The van der Waals surface area contributed by atoms with Gasteiger partial charge >= 0.3 is 12.3 Å². The van der Waals surface area contributed by atoms with Crippen LogP contribution in [-0.4, -0.2) is 24.9 Å². The van der Waals surface area contributed by atoms with Gasteiger partial charge in [-0.25, -0.2) is 8.78 Å². The van der Waals surface area contributed by atoms with Gasteiger partial charge < -0.3 is 5.32 Å². The van der Waals surface area contributed by atoms with Crippen molar-refractivity contribution in [2.24, 2.45) is 5.41 Å². The van der Waals surface area contributed by atoms with Crippen LogP contribution in [0.3, 0.4) is 0 Å². The van der Waals surface area contributed by atoms with E-state index in [0.717, 1.165) is 25.7 Å². The van der Waals surface area contributed by atoms with E-state index in [9.17, 15) is 17.6 Å². The third-order valence-electron chi connectivity index (χ3n) is 3.28. The molecule has 96 valence electrons. The smallest absolute Gasteiger partial charge is 0.308 e. The SMILES string of the molecule is CC1(C)CCC(NCC(F)(F)C(F)F)CC1. The largest absolute Gasteiger partial charge is 0.319 e. The molecule has 0 spiro atoms. The molecule has 1 rings (SSSR count). The van der Waals surface area contributed by atoms with Crippen LogP contribution in [0.15, 0.2) is 0 Å². The van der Waals surface area contributed by atoms with Crippen molar-refractivity contribution in [3.8, 4) is 0 Å². The van der Waals surface area contributed by atoms with E-state index in [4.69, 9.17) is 0 Å². The van der Waals surface area contributed by atoms with Gasteiger partial charge in [0.2, 0.25) is 0 Å². The highest BCUT2D eigenvalue weighted by Crippen LogP contribution is 2.35. The average molecular weight is 241 g/mol. The monoisotopic (exact) mass is 241 g/mol. The van der Waals surface area contributed by atoms with E-state index in [2.05, 4.69) is 19.2 Å². The Morgan fingerprint density at radius 3 is 2.19 bits per heavy atom. The highest BCUT2D eigenvalue weighted by molar-refractivity contribution is 4.84. The Hall–Kier alpha value is -0.320. The number of nitrogens with one attached hydrogen (secondary N) is 1. The van der Waals surface area contributed by atoms with Gasteiger partial charge in [0.25, 0.3) is 0 Å². The lowest BCUT2D eigenvalue weighted by atomic mass is 9.75. The average Bonchev–Trinajstić information content (AvgIpc) is 2.16. The van der Waals surface area contributed by atoms with Gasteiger partial charge in [0, 0.05) is 6.04 Å². The fourth-order valence-electron chi connectivity index (χ4n) is 1.96. The van der Waals surface area contributed by atoms with Crippen LogP contribution in [-0.2, 0) is 0 Å². The van der Waals surface area contributed by atoms with Crippen molar-refractivity contribution in [3.63, 3.8) is 0 Å². The molecule has 1 fully saturated rings. The zero-order valence-corrected chi connectivity index (χ0v) is 9.70. The first-order valence-electron chi connectivity index (χ1n) is 5.62. The predicted molar refractivity (Wildman–Crippen MR) is 55.0 cm³/mol. The zero-order valence-electron chi connectivity index (χ0n) is 9.70. The summed E-state index contributed by atoms with van der Waals surface area (Å²) in [6, 6.07) is -0.0438. The molecule has 1 N–H and O–H groups in total. The van der Waals surface area contributed by atoms with Gasteiger partial charge in [-0.15, -0.1) is 0 Å². The molecular weight excluding hydrogens is 222 g/mol. The van der Waals surface area contributed by atoms with Crippen LogP contribution in [0, 0.1) is 5.41 Å². The molecule has 0 amide bonds. The minimum absolute atomic E-state index is 0.0438. The number of alkyl halides is 4. The van der Waals surface area contributed by atoms with Crippen LogP contribution >= 0.6 is 0 Å². The molecule has 1 saturated carbocycles. The summed E-state index contributed by atoms with van der Waals surface area (Å²) >= 11 is 0. The number of hydrogen-bond acceptors (Lipinski definition) is 1. The lowest BCUT2D eigenvalue weighted by Crippen LogP contribution is -2.45. The van der Waals surface area contributed by atoms with Crippen molar-refractivity contribution in [1.82, 2.24) is 5.32 Å². The minimum Gasteiger partial charge on any atom is -0.308 e. The highest BCUT2D eigenvalue weighted by Gasteiger charge is 2.41. The first-order chi connectivity index (χ1) is 7.23. The quantitative estimate of drug-likeness (QED) is 0.743. The molecule has 1 aliphatic rings. The van der Waals surface area contributed by atoms with Crippen LogP contribution in [0.5, 0.6) is 0 Å². The molecule has 16 heavy (non-hydrogen) atoms. The van der Waals surface area contributed by atoms with Gasteiger partial charge in [0.1, 0.15) is 0 Å². The number of hydrogen-bond donors (Lipinski definition) is 1. The molecule has 0 atom stereocenters. The van der Waals surface area contributed by atoms with Crippen LogP contribution in [0.2, 0.25) is 0 Å². The summed E-state index contributed by atoms with van der Waals surface area (Å²) in [4.78, 5) is 0. The van der Waals surface area contributed by atoms with Crippen LogP contribution in [0.25, 0.3) is 0 Å². The zero-order chi connectivity index (χ0) is 12.4. The van der Waals surface area contributed by atoms with Gasteiger partial charge in [-0.2, -0.15) is 8.78 Å². The second-order valence-electron chi connectivity index (χ2n) is 5.38. The Morgan fingerprint density at radius 1 is 1.25 bits per heavy atom. The van der Waals surface area contributed by atoms with E-state index < -0.39 is 18.9 Å². The van der Waals surface area contributed by atoms with E-state index in [-0.39, 0.29) is 11.5 Å². The summed E-state index contributed by atoms with van der Waals surface area (Å²) in [5.74, 6) is -3.91. The first kappa shape index (κ1) is 13.7. The first-order valence-corrected chi connectivity index (χ1v) is 5.62. The standard InChI is InChI=1S/C11H19F4N/c1-10(2)5-3-8(4-6-10)16-7-11(14,15)9(12)13/h8-9,16H,3-7H2,1-2H3. The van der Waals surface area contributed by atoms with Crippen molar-refractivity contribution in [3.05, 3.63) is 0 Å².